The molecule has 1 aromatic heterocycles. The number of aliphatic hydroxyl groups excluding tert-OH is 1. The minimum Gasteiger partial charge on any atom is -0.396 e. The Morgan fingerprint density at radius 2 is 1.94 bits per heavy atom. The van der Waals surface area contributed by atoms with Gasteiger partial charge < -0.3 is 10.1 Å². The SMILES string of the molecule is Cc1[nH]c2ccc(C(CO)C(C)C)cc2c1C. The maximum atomic E-state index is 9.49. The molecule has 0 aliphatic heterocycles. The van der Waals surface area contributed by atoms with Gasteiger partial charge in [-0.2, -0.15) is 0 Å². The number of aromatic amines is 1. The van der Waals surface area contributed by atoms with Crippen molar-refractivity contribution in [3.05, 3.63) is 35.0 Å². The van der Waals surface area contributed by atoms with Crippen LogP contribution in [-0.4, -0.2) is 16.7 Å². The van der Waals surface area contributed by atoms with E-state index in [1.54, 1.807) is 0 Å². The zero-order valence-corrected chi connectivity index (χ0v) is 11.0. The van der Waals surface area contributed by atoms with Gasteiger partial charge in [-0.05, 0) is 43.0 Å². The first-order chi connectivity index (χ1) is 8.04. The van der Waals surface area contributed by atoms with Crippen LogP contribution in [-0.2, 0) is 0 Å². The third-order valence-corrected chi connectivity index (χ3v) is 3.76. The highest BCUT2D eigenvalue weighted by Crippen LogP contribution is 2.29. The number of aliphatic hydroxyl groups is 1. The number of nitrogens with one attached hydrogen (secondary N) is 1. The first-order valence-corrected chi connectivity index (χ1v) is 6.24. The summed E-state index contributed by atoms with van der Waals surface area (Å²) in [5.41, 5.74) is 4.95. The monoisotopic (exact) mass is 231 g/mol. The quantitative estimate of drug-likeness (QED) is 0.833. The summed E-state index contributed by atoms with van der Waals surface area (Å²) in [7, 11) is 0. The smallest absolute Gasteiger partial charge is 0.0502 e. The first-order valence-electron chi connectivity index (χ1n) is 6.24. The van der Waals surface area contributed by atoms with E-state index in [9.17, 15) is 5.11 Å². The van der Waals surface area contributed by atoms with Gasteiger partial charge in [-0.3, -0.25) is 0 Å². The first kappa shape index (κ1) is 12.2. The van der Waals surface area contributed by atoms with E-state index in [4.69, 9.17) is 0 Å². The normalized spacial score (nSPS) is 13.5. The van der Waals surface area contributed by atoms with Gasteiger partial charge in [-0.1, -0.05) is 19.9 Å². The molecular formula is C15H21NO. The molecule has 2 N–H and O–H groups in total. The molecule has 0 amide bonds. The van der Waals surface area contributed by atoms with Gasteiger partial charge in [0.2, 0.25) is 0 Å². The lowest BCUT2D eigenvalue weighted by atomic mass is 9.88. The van der Waals surface area contributed by atoms with Crippen LogP contribution in [0.15, 0.2) is 18.2 Å². The van der Waals surface area contributed by atoms with Crippen LogP contribution in [0.3, 0.4) is 0 Å². The largest absolute Gasteiger partial charge is 0.396 e. The van der Waals surface area contributed by atoms with Crippen molar-refractivity contribution in [3.63, 3.8) is 0 Å². The fourth-order valence-corrected chi connectivity index (χ4v) is 2.41. The topological polar surface area (TPSA) is 36.0 Å². The maximum absolute atomic E-state index is 9.49. The van der Waals surface area contributed by atoms with E-state index in [0.717, 1.165) is 0 Å². The van der Waals surface area contributed by atoms with E-state index in [-0.39, 0.29) is 12.5 Å². The Morgan fingerprint density at radius 3 is 2.53 bits per heavy atom. The summed E-state index contributed by atoms with van der Waals surface area (Å²) in [5, 5.41) is 10.8. The lowest BCUT2D eigenvalue weighted by Crippen LogP contribution is -2.10. The summed E-state index contributed by atoms with van der Waals surface area (Å²) >= 11 is 0. The predicted octanol–water partition coefficient (Wildman–Crippen LogP) is 3.52. The van der Waals surface area contributed by atoms with Gasteiger partial charge in [0.15, 0.2) is 0 Å². The molecule has 0 saturated heterocycles. The molecule has 0 spiro atoms. The van der Waals surface area contributed by atoms with E-state index in [1.165, 1.54) is 27.7 Å². The number of H-pyrrole nitrogens is 1. The lowest BCUT2D eigenvalue weighted by molar-refractivity contribution is 0.237. The molecule has 2 aromatic rings. The van der Waals surface area contributed by atoms with Crippen LogP contribution < -0.4 is 0 Å². The van der Waals surface area contributed by atoms with Gasteiger partial charge in [0.25, 0.3) is 0 Å². The summed E-state index contributed by atoms with van der Waals surface area (Å²) < 4.78 is 0. The minimum absolute atomic E-state index is 0.214. The van der Waals surface area contributed by atoms with E-state index < -0.39 is 0 Å². The zero-order chi connectivity index (χ0) is 12.6. The highest BCUT2D eigenvalue weighted by Gasteiger charge is 2.16. The summed E-state index contributed by atoms with van der Waals surface area (Å²) in [4.78, 5) is 3.38. The second-order valence-corrected chi connectivity index (χ2v) is 5.21. The molecule has 17 heavy (non-hydrogen) atoms. The molecule has 2 nitrogen and oxygen atoms in total. The number of fused-ring (bicyclic) bond motifs is 1. The second-order valence-electron chi connectivity index (χ2n) is 5.21. The van der Waals surface area contributed by atoms with Crippen molar-refractivity contribution in [1.82, 2.24) is 4.98 Å². The standard InChI is InChI=1S/C15H21NO/c1-9(2)14(8-17)12-5-6-15-13(7-12)10(3)11(4)16-15/h5-7,9,14,16-17H,8H2,1-4H3. The minimum atomic E-state index is 0.214. The molecule has 1 aromatic carbocycles. The Hall–Kier alpha value is -1.28. The Labute approximate surface area is 103 Å². The third-order valence-electron chi connectivity index (χ3n) is 3.76. The number of benzene rings is 1. The van der Waals surface area contributed by atoms with Crippen LogP contribution in [0.25, 0.3) is 10.9 Å². The molecule has 0 aliphatic rings. The number of hydrogen-bond donors (Lipinski definition) is 2. The second kappa shape index (κ2) is 4.53. The molecule has 1 heterocycles. The molecule has 0 saturated carbocycles. The molecular weight excluding hydrogens is 210 g/mol. The van der Waals surface area contributed by atoms with Gasteiger partial charge >= 0.3 is 0 Å². The lowest BCUT2D eigenvalue weighted by Gasteiger charge is -2.18. The summed E-state index contributed by atoms with van der Waals surface area (Å²) in [6, 6.07) is 6.46. The molecule has 2 rings (SSSR count). The van der Waals surface area contributed by atoms with Crippen molar-refractivity contribution in [2.24, 2.45) is 5.92 Å². The van der Waals surface area contributed by atoms with Gasteiger partial charge in [0.05, 0.1) is 6.61 Å². The Bertz CT molecular complexity index is 525. The van der Waals surface area contributed by atoms with Crippen LogP contribution in [0, 0.1) is 19.8 Å². The summed E-state index contributed by atoms with van der Waals surface area (Å²) in [5.74, 6) is 0.687. The van der Waals surface area contributed by atoms with Gasteiger partial charge in [0.1, 0.15) is 0 Å². The zero-order valence-electron chi connectivity index (χ0n) is 11.0. The third kappa shape index (κ3) is 2.09. The fraction of sp³-hybridized carbons (Fsp3) is 0.467. The van der Waals surface area contributed by atoms with Crippen LogP contribution in [0.4, 0.5) is 0 Å². The highest BCUT2D eigenvalue weighted by atomic mass is 16.3. The van der Waals surface area contributed by atoms with Gasteiger partial charge in [0, 0.05) is 22.5 Å². The Balaban J connectivity index is 2.53. The molecule has 0 aliphatic carbocycles. The molecule has 1 unspecified atom stereocenters. The molecule has 0 fully saturated rings. The molecule has 2 heteroatoms. The van der Waals surface area contributed by atoms with Crippen molar-refractivity contribution in [2.75, 3.05) is 6.61 Å². The van der Waals surface area contributed by atoms with Crippen LogP contribution in [0.2, 0.25) is 0 Å². The van der Waals surface area contributed by atoms with Crippen molar-refractivity contribution >= 4 is 10.9 Å². The van der Waals surface area contributed by atoms with Crippen LogP contribution >= 0.6 is 0 Å². The summed E-state index contributed by atoms with van der Waals surface area (Å²) in [6.45, 7) is 8.76. The molecule has 92 valence electrons. The average molecular weight is 231 g/mol. The van der Waals surface area contributed by atoms with Crippen molar-refractivity contribution < 1.29 is 5.11 Å². The molecule has 0 bridgehead atoms. The van der Waals surface area contributed by atoms with E-state index in [2.05, 4.69) is 50.9 Å². The van der Waals surface area contributed by atoms with Crippen LogP contribution in [0.1, 0.15) is 36.6 Å². The van der Waals surface area contributed by atoms with Gasteiger partial charge in [-0.25, -0.2) is 0 Å². The van der Waals surface area contributed by atoms with Crippen LogP contribution in [0.5, 0.6) is 0 Å². The molecule has 0 radical (unpaired) electrons. The van der Waals surface area contributed by atoms with E-state index in [1.807, 2.05) is 0 Å². The number of aromatic nitrogens is 1. The number of aryl methyl sites for hydroxylation is 2. The van der Waals surface area contributed by atoms with Crippen molar-refractivity contribution in [3.8, 4) is 0 Å². The Morgan fingerprint density at radius 1 is 1.24 bits per heavy atom. The molecule has 1 atom stereocenters. The summed E-state index contributed by atoms with van der Waals surface area (Å²) in [6.07, 6.45) is 0. The highest BCUT2D eigenvalue weighted by molar-refractivity contribution is 5.85. The van der Waals surface area contributed by atoms with Crippen molar-refractivity contribution in [2.45, 2.75) is 33.6 Å². The van der Waals surface area contributed by atoms with Gasteiger partial charge in [-0.15, -0.1) is 0 Å². The fourth-order valence-electron chi connectivity index (χ4n) is 2.41. The number of hydrogen-bond acceptors (Lipinski definition) is 1. The predicted molar refractivity (Wildman–Crippen MR) is 72.4 cm³/mol. The van der Waals surface area contributed by atoms with E-state index >= 15 is 0 Å². The Kier molecular flexibility index (Phi) is 3.25. The number of rotatable bonds is 3. The van der Waals surface area contributed by atoms with Crippen molar-refractivity contribution in [1.29, 1.82) is 0 Å². The maximum Gasteiger partial charge on any atom is 0.0502 e. The van der Waals surface area contributed by atoms with E-state index in [0.29, 0.717) is 5.92 Å². The average Bonchev–Trinajstić information content (AvgIpc) is 2.56.